The van der Waals surface area contributed by atoms with Crippen molar-refractivity contribution in [3.63, 3.8) is 0 Å². The van der Waals surface area contributed by atoms with E-state index in [4.69, 9.17) is 11.6 Å². The molecule has 3 rings (SSSR count). The highest BCUT2D eigenvalue weighted by Gasteiger charge is 2.16. The Hall–Kier alpha value is -1.44. The van der Waals surface area contributed by atoms with Gasteiger partial charge < -0.3 is 9.72 Å². The number of thiophene rings is 1. The molecule has 21 heavy (non-hydrogen) atoms. The summed E-state index contributed by atoms with van der Waals surface area (Å²) < 4.78 is 16.2. The summed E-state index contributed by atoms with van der Waals surface area (Å²) in [7, 11) is 0. The van der Waals surface area contributed by atoms with Crippen LogP contribution in [0, 0.1) is 12.7 Å². The van der Waals surface area contributed by atoms with Gasteiger partial charge in [0.25, 0.3) is 5.91 Å². The van der Waals surface area contributed by atoms with Crippen LogP contribution in [0.3, 0.4) is 0 Å². The van der Waals surface area contributed by atoms with Crippen molar-refractivity contribution in [2.75, 3.05) is 5.32 Å². The first-order valence-corrected chi connectivity index (χ1v) is 7.84. The van der Waals surface area contributed by atoms with Crippen molar-refractivity contribution in [3.8, 4) is 0 Å². The second kappa shape index (κ2) is 5.40. The lowest BCUT2D eigenvalue weighted by Gasteiger charge is -2.05. The molecule has 4 nitrogen and oxygen atoms in total. The van der Waals surface area contributed by atoms with Crippen molar-refractivity contribution in [1.29, 1.82) is 0 Å². The van der Waals surface area contributed by atoms with Crippen LogP contribution < -0.4 is 5.32 Å². The first-order chi connectivity index (χ1) is 9.94. The zero-order valence-electron chi connectivity index (χ0n) is 10.7. The van der Waals surface area contributed by atoms with Crippen LogP contribution in [0.2, 0.25) is 5.02 Å². The Balaban J connectivity index is 1.94. The predicted molar refractivity (Wildman–Crippen MR) is 84.9 cm³/mol. The van der Waals surface area contributed by atoms with Gasteiger partial charge in [0.15, 0.2) is 11.5 Å². The SMILES string of the molecule is Cc1cn2cc(NC(=O)c3sc(Br)cc3Cl)cc(F)c2n1. The molecule has 0 saturated heterocycles. The number of hydrogen-bond acceptors (Lipinski definition) is 3. The van der Waals surface area contributed by atoms with Gasteiger partial charge >= 0.3 is 0 Å². The number of rotatable bonds is 2. The fraction of sp³-hybridized carbons (Fsp3) is 0.0769. The maximum absolute atomic E-state index is 13.9. The minimum atomic E-state index is -0.501. The van der Waals surface area contributed by atoms with E-state index in [-0.39, 0.29) is 11.6 Å². The summed E-state index contributed by atoms with van der Waals surface area (Å²) in [6, 6.07) is 2.88. The Labute approximate surface area is 136 Å². The number of nitrogens with zero attached hydrogens (tertiary/aromatic N) is 2. The fourth-order valence-corrected chi connectivity index (χ4v) is 3.82. The van der Waals surface area contributed by atoms with Crippen molar-refractivity contribution in [2.24, 2.45) is 0 Å². The number of halogens is 3. The molecule has 0 unspecified atom stereocenters. The third-order valence-corrected chi connectivity index (χ3v) is 4.79. The lowest BCUT2D eigenvalue weighted by Crippen LogP contribution is -2.11. The highest BCUT2D eigenvalue weighted by Crippen LogP contribution is 2.31. The van der Waals surface area contributed by atoms with Gasteiger partial charge in [-0.2, -0.15) is 0 Å². The van der Waals surface area contributed by atoms with Crippen LogP contribution in [0.25, 0.3) is 5.65 Å². The molecule has 0 atom stereocenters. The van der Waals surface area contributed by atoms with Crippen molar-refractivity contribution < 1.29 is 9.18 Å². The molecule has 0 saturated carbocycles. The highest BCUT2D eigenvalue weighted by atomic mass is 79.9. The molecule has 0 aliphatic carbocycles. The number of carbonyl (C=O) groups excluding carboxylic acids is 1. The van der Waals surface area contributed by atoms with Gasteiger partial charge in [0, 0.05) is 18.5 Å². The number of pyridine rings is 1. The summed E-state index contributed by atoms with van der Waals surface area (Å²) in [5.74, 6) is -0.884. The number of aromatic nitrogens is 2. The summed E-state index contributed by atoms with van der Waals surface area (Å²) in [4.78, 5) is 16.6. The average molecular weight is 389 g/mol. The number of hydrogen-bond donors (Lipinski definition) is 1. The van der Waals surface area contributed by atoms with Crippen molar-refractivity contribution in [2.45, 2.75) is 6.92 Å². The summed E-state index contributed by atoms with van der Waals surface area (Å²) in [6.07, 6.45) is 3.29. The maximum Gasteiger partial charge on any atom is 0.267 e. The Morgan fingerprint density at radius 1 is 1.48 bits per heavy atom. The predicted octanol–water partition coefficient (Wildman–Crippen LogP) is 4.51. The maximum atomic E-state index is 13.9. The fourth-order valence-electron chi connectivity index (χ4n) is 1.93. The molecule has 3 aromatic rings. The van der Waals surface area contributed by atoms with E-state index in [2.05, 4.69) is 26.2 Å². The minimum Gasteiger partial charge on any atom is -0.320 e. The van der Waals surface area contributed by atoms with Crippen LogP contribution in [0.1, 0.15) is 15.4 Å². The summed E-state index contributed by atoms with van der Waals surface area (Å²) >= 11 is 10.4. The molecule has 0 spiro atoms. The smallest absolute Gasteiger partial charge is 0.267 e. The number of fused-ring (bicyclic) bond motifs is 1. The minimum absolute atomic E-state index is 0.224. The first-order valence-electron chi connectivity index (χ1n) is 5.85. The molecule has 108 valence electrons. The van der Waals surface area contributed by atoms with E-state index in [1.54, 1.807) is 25.4 Å². The van der Waals surface area contributed by atoms with Gasteiger partial charge in [0.2, 0.25) is 0 Å². The van der Waals surface area contributed by atoms with Gasteiger partial charge in [-0.1, -0.05) is 11.6 Å². The van der Waals surface area contributed by atoms with Gasteiger partial charge in [-0.15, -0.1) is 11.3 Å². The van der Waals surface area contributed by atoms with Crippen LogP contribution in [0.5, 0.6) is 0 Å². The van der Waals surface area contributed by atoms with E-state index >= 15 is 0 Å². The largest absolute Gasteiger partial charge is 0.320 e. The van der Waals surface area contributed by atoms with Crippen LogP contribution in [0.15, 0.2) is 28.3 Å². The van der Waals surface area contributed by atoms with Crippen molar-refractivity contribution in [1.82, 2.24) is 9.38 Å². The van der Waals surface area contributed by atoms with Gasteiger partial charge in [0.1, 0.15) is 4.88 Å². The van der Waals surface area contributed by atoms with Crippen LogP contribution in [0.4, 0.5) is 10.1 Å². The number of nitrogens with one attached hydrogen (secondary N) is 1. The van der Waals surface area contributed by atoms with Gasteiger partial charge in [-0.25, -0.2) is 9.37 Å². The molecule has 3 heterocycles. The molecule has 3 aromatic heterocycles. The van der Waals surface area contributed by atoms with E-state index in [0.717, 1.165) is 3.79 Å². The highest BCUT2D eigenvalue weighted by molar-refractivity contribution is 9.11. The molecular formula is C13H8BrClFN3OS. The lowest BCUT2D eigenvalue weighted by atomic mass is 10.3. The van der Waals surface area contributed by atoms with E-state index in [1.807, 2.05) is 0 Å². The van der Waals surface area contributed by atoms with E-state index < -0.39 is 5.82 Å². The molecule has 8 heteroatoms. The van der Waals surface area contributed by atoms with Gasteiger partial charge in [0.05, 0.1) is 20.2 Å². The Morgan fingerprint density at radius 2 is 2.24 bits per heavy atom. The molecule has 0 radical (unpaired) electrons. The number of carbonyl (C=O) groups is 1. The van der Waals surface area contributed by atoms with Crippen molar-refractivity contribution >= 4 is 56.1 Å². The zero-order chi connectivity index (χ0) is 15.1. The second-order valence-corrected chi connectivity index (χ2v) is 7.21. The Kier molecular flexibility index (Phi) is 3.73. The normalized spacial score (nSPS) is 11.0. The number of anilines is 1. The standard InChI is InChI=1S/C13H8BrClFN3OS/c1-6-4-19-5-7(2-9(16)12(19)17-6)18-13(20)11-8(15)3-10(14)21-11/h2-5H,1H3,(H,18,20). The zero-order valence-corrected chi connectivity index (χ0v) is 13.8. The van der Waals surface area contributed by atoms with E-state index in [0.29, 0.717) is 21.3 Å². The van der Waals surface area contributed by atoms with E-state index in [9.17, 15) is 9.18 Å². The third kappa shape index (κ3) is 2.81. The van der Waals surface area contributed by atoms with Crippen LogP contribution in [-0.2, 0) is 0 Å². The topological polar surface area (TPSA) is 46.4 Å². The van der Waals surface area contributed by atoms with Crippen molar-refractivity contribution in [3.05, 3.63) is 49.7 Å². The van der Waals surface area contributed by atoms with Gasteiger partial charge in [-0.05, 0) is 28.9 Å². The van der Waals surface area contributed by atoms with Gasteiger partial charge in [-0.3, -0.25) is 4.79 Å². The molecule has 0 fully saturated rings. The summed E-state index contributed by atoms with van der Waals surface area (Å²) in [6.45, 7) is 1.77. The van der Waals surface area contributed by atoms with Crippen LogP contribution in [-0.4, -0.2) is 15.3 Å². The third-order valence-electron chi connectivity index (χ3n) is 2.75. The average Bonchev–Trinajstić information content (AvgIpc) is 2.91. The monoisotopic (exact) mass is 387 g/mol. The second-order valence-electron chi connectivity index (χ2n) is 4.37. The molecule has 1 amide bonds. The molecule has 0 aliphatic heterocycles. The lowest BCUT2D eigenvalue weighted by molar-refractivity contribution is 0.103. The van der Waals surface area contributed by atoms with E-state index in [1.165, 1.54) is 21.8 Å². The quantitative estimate of drug-likeness (QED) is 0.702. The molecule has 0 aromatic carbocycles. The number of aryl methyl sites for hydroxylation is 1. The number of imidazole rings is 1. The Bertz CT molecular complexity index is 861. The summed E-state index contributed by atoms with van der Waals surface area (Å²) in [5.41, 5.74) is 1.26. The molecule has 0 aliphatic rings. The molecule has 1 N–H and O–H groups in total. The Morgan fingerprint density at radius 3 is 2.90 bits per heavy atom. The number of amides is 1. The molecule has 0 bridgehead atoms. The summed E-state index contributed by atoms with van der Waals surface area (Å²) in [5, 5.41) is 2.98. The first kappa shape index (κ1) is 14.5. The molecular weight excluding hydrogens is 381 g/mol. The van der Waals surface area contributed by atoms with Crippen LogP contribution >= 0.6 is 38.9 Å².